The van der Waals surface area contributed by atoms with Crippen molar-refractivity contribution in [3.8, 4) is 5.75 Å². The molecule has 4 heteroatoms. The molecule has 2 aliphatic rings. The van der Waals surface area contributed by atoms with E-state index in [1.54, 1.807) is 0 Å². The minimum absolute atomic E-state index is 0.101. The molecule has 2 aromatic rings. The average molecular weight is 379 g/mol. The van der Waals surface area contributed by atoms with E-state index in [9.17, 15) is 4.79 Å². The number of fused-ring (bicyclic) bond motifs is 1. The van der Waals surface area contributed by atoms with Crippen LogP contribution in [0.5, 0.6) is 5.75 Å². The Kier molecular flexibility index (Phi) is 6.27. The van der Waals surface area contributed by atoms with E-state index < -0.39 is 0 Å². The van der Waals surface area contributed by atoms with E-state index in [4.69, 9.17) is 4.74 Å². The van der Waals surface area contributed by atoms with Crippen LogP contribution in [0.4, 0.5) is 0 Å². The van der Waals surface area contributed by atoms with Gasteiger partial charge in [0.2, 0.25) is 5.91 Å². The minimum Gasteiger partial charge on any atom is -0.493 e. The first kappa shape index (κ1) is 19.0. The molecular formula is C24H30N2O2. The standard InChI is InChI=1S/C24H30N2O2/c27-24-17-22(20-8-4-3-5-9-20)26(14-7-2-1-6-13-25-24)18-19-10-11-23-21(16-19)12-15-28-23/h3-5,8-11,16,22H,1-2,6-7,12-15,17-18H2,(H,25,27). The first-order valence-electron chi connectivity index (χ1n) is 10.6. The zero-order valence-corrected chi connectivity index (χ0v) is 16.5. The van der Waals surface area contributed by atoms with Crippen molar-refractivity contribution < 1.29 is 9.53 Å². The highest BCUT2D eigenvalue weighted by atomic mass is 16.5. The van der Waals surface area contributed by atoms with Crippen LogP contribution in [-0.4, -0.2) is 30.5 Å². The van der Waals surface area contributed by atoms with Gasteiger partial charge in [0.05, 0.1) is 6.61 Å². The number of nitrogens with one attached hydrogen (secondary N) is 1. The number of hydrogen-bond acceptors (Lipinski definition) is 3. The first-order valence-corrected chi connectivity index (χ1v) is 10.6. The Morgan fingerprint density at radius 1 is 1.04 bits per heavy atom. The molecule has 1 fully saturated rings. The van der Waals surface area contributed by atoms with E-state index >= 15 is 0 Å². The van der Waals surface area contributed by atoms with E-state index in [1.807, 2.05) is 6.07 Å². The molecular weight excluding hydrogens is 348 g/mol. The maximum absolute atomic E-state index is 12.6. The molecule has 1 saturated heterocycles. The van der Waals surface area contributed by atoms with Gasteiger partial charge in [-0.1, -0.05) is 55.3 Å². The molecule has 28 heavy (non-hydrogen) atoms. The fraction of sp³-hybridized carbons (Fsp3) is 0.458. The zero-order valence-electron chi connectivity index (χ0n) is 16.5. The maximum Gasteiger partial charge on any atom is 0.221 e. The number of hydrogen-bond donors (Lipinski definition) is 1. The van der Waals surface area contributed by atoms with Crippen LogP contribution in [0, 0.1) is 0 Å². The van der Waals surface area contributed by atoms with E-state index in [-0.39, 0.29) is 11.9 Å². The number of ether oxygens (including phenoxy) is 1. The molecule has 0 aliphatic carbocycles. The smallest absolute Gasteiger partial charge is 0.221 e. The van der Waals surface area contributed by atoms with Gasteiger partial charge in [-0.25, -0.2) is 0 Å². The average Bonchev–Trinajstić information content (AvgIpc) is 3.17. The Bertz CT molecular complexity index is 790. The van der Waals surface area contributed by atoms with Crippen molar-refractivity contribution in [3.05, 3.63) is 65.2 Å². The van der Waals surface area contributed by atoms with Gasteiger partial charge in [-0.2, -0.15) is 0 Å². The summed E-state index contributed by atoms with van der Waals surface area (Å²) in [5, 5.41) is 3.12. The fourth-order valence-corrected chi connectivity index (χ4v) is 4.32. The summed E-state index contributed by atoms with van der Waals surface area (Å²) in [5.41, 5.74) is 3.84. The second-order valence-corrected chi connectivity index (χ2v) is 7.91. The highest BCUT2D eigenvalue weighted by Gasteiger charge is 2.24. The molecule has 4 nitrogen and oxygen atoms in total. The van der Waals surface area contributed by atoms with E-state index in [2.05, 4.69) is 52.7 Å². The Labute approximate surface area is 167 Å². The van der Waals surface area contributed by atoms with Crippen molar-refractivity contribution in [2.75, 3.05) is 19.7 Å². The molecule has 1 N–H and O–H groups in total. The van der Waals surface area contributed by atoms with Crippen LogP contribution in [-0.2, 0) is 17.8 Å². The molecule has 1 unspecified atom stereocenters. The monoisotopic (exact) mass is 378 g/mol. The molecule has 1 amide bonds. The molecule has 2 heterocycles. The third-order valence-corrected chi connectivity index (χ3v) is 5.84. The number of carbonyl (C=O) groups is 1. The summed E-state index contributed by atoms with van der Waals surface area (Å²) in [6.45, 7) is 3.46. The summed E-state index contributed by atoms with van der Waals surface area (Å²) in [6.07, 6.45) is 6.15. The topological polar surface area (TPSA) is 41.6 Å². The maximum atomic E-state index is 12.6. The van der Waals surface area contributed by atoms with Gasteiger partial charge in [-0.3, -0.25) is 9.69 Å². The van der Waals surface area contributed by atoms with Gasteiger partial charge in [0.25, 0.3) is 0 Å². The summed E-state index contributed by atoms with van der Waals surface area (Å²) < 4.78 is 5.66. The van der Waals surface area contributed by atoms with Crippen molar-refractivity contribution in [2.45, 2.75) is 51.1 Å². The number of rotatable bonds is 3. The Hall–Kier alpha value is -2.33. The molecule has 2 aliphatic heterocycles. The van der Waals surface area contributed by atoms with Gasteiger partial charge in [0, 0.05) is 32.0 Å². The number of carbonyl (C=O) groups excluding carboxylic acids is 1. The SMILES string of the molecule is O=C1CC(c2ccccc2)N(Cc2ccc3c(c2)CCO3)CCCCCCN1. The van der Waals surface area contributed by atoms with Crippen LogP contribution in [0.2, 0.25) is 0 Å². The summed E-state index contributed by atoms with van der Waals surface area (Å²) in [7, 11) is 0. The highest BCUT2D eigenvalue weighted by molar-refractivity contribution is 5.76. The fourth-order valence-electron chi connectivity index (χ4n) is 4.32. The molecule has 0 saturated carbocycles. The largest absolute Gasteiger partial charge is 0.493 e. The van der Waals surface area contributed by atoms with E-state index in [0.29, 0.717) is 6.42 Å². The highest BCUT2D eigenvalue weighted by Crippen LogP contribution is 2.30. The third-order valence-electron chi connectivity index (χ3n) is 5.84. The Morgan fingerprint density at radius 2 is 1.89 bits per heavy atom. The predicted molar refractivity (Wildman–Crippen MR) is 111 cm³/mol. The van der Waals surface area contributed by atoms with E-state index in [1.165, 1.54) is 36.0 Å². The molecule has 0 aromatic heterocycles. The Balaban J connectivity index is 1.60. The summed E-state index contributed by atoms with van der Waals surface area (Å²) in [4.78, 5) is 15.1. The van der Waals surface area contributed by atoms with Gasteiger partial charge in [-0.05, 0) is 42.1 Å². The van der Waals surface area contributed by atoms with Crippen molar-refractivity contribution in [1.29, 1.82) is 0 Å². The summed E-state index contributed by atoms with van der Waals surface area (Å²) >= 11 is 0. The van der Waals surface area contributed by atoms with Gasteiger partial charge < -0.3 is 10.1 Å². The lowest BCUT2D eigenvalue weighted by Gasteiger charge is -2.32. The Morgan fingerprint density at radius 3 is 2.79 bits per heavy atom. The van der Waals surface area contributed by atoms with Crippen molar-refractivity contribution in [2.24, 2.45) is 0 Å². The van der Waals surface area contributed by atoms with Crippen LogP contribution in [0.3, 0.4) is 0 Å². The molecule has 4 rings (SSSR count). The number of benzene rings is 2. The second-order valence-electron chi connectivity index (χ2n) is 7.91. The van der Waals surface area contributed by atoms with Gasteiger partial charge in [-0.15, -0.1) is 0 Å². The lowest BCUT2D eigenvalue weighted by molar-refractivity contribution is -0.122. The van der Waals surface area contributed by atoms with E-state index in [0.717, 1.165) is 44.8 Å². The lowest BCUT2D eigenvalue weighted by Crippen LogP contribution is -2.34. The van der Waals surface area contributed by atoms with Crippen LogP contribution >= 0.6 is 0 Å². The zero-order chi connectivity index (χ0) is 19.2. The molecule has 0 radical (unpaired) electrons. The number of nitrogens with zero attached hydrogens (tertiary/aromatic N) is 1. The van der Waals surface area contributed by atoms with Gasteiger partial charge >= 0.3 is 0 Å². The molecule has 148 valence electrons. The molecule has 1 atom stereocenters. The van der Waals surface area contributed by atoms with Crippen molar-refractivity contribution in [3.63, 3.8) is 0 Å². The first-order chi connectivity index (χ1) is 13.8. The number of amides is 1. The second kappa shape index (κ2) is 9.24. The van der Waals surface area contributed by atoms with Crippen LogP contribution in [0.15, 0.2) is 48.5 Å². The lowest BCUT2D eigenvalue weighted by atomic mass is 9.99. The predicted octanol–water partition coefficient (Wildman–Crippen LogP) is 4.25. The van der Waals surface area contributed by atoms with Crippen molar-refractivity contribution >= 4 is 5.91 Å². The minimum atomic E-state index is 0.101. The van der Waals surface area contributed by atoms with Crippen LogP contribution in [0.25, 0.3) is 0 Å². The summed E-state index contributed by atoms with van der Waals surface area (Å²) in [5.74, 6) is 1.18. The summed E-state index contributed by atoms with van der Waals surface area (Å²) in [6, 6.07) is 17.2. The third kappa shape index (κ3) is 4.74. The van der Waals surface area contributed by atoms with Crippen LogP contribution < -0.4 is 10.1 Å². The molecule has 2 aromatic carbocycles. The molecule has 0 bridgehead atoms. The van der Waals surface area contributed by atoms with Gasteiger partial charge in [0.15, 0.2) is 0 Å². The quantitative estimate of drug-likeness (QED) is 0.868. The van der Waals surface area contributed by atoms with Crippen molar-refractivity contribution in [1.82, 2.24) is 10.2 Å². The normalized spacial score (nSPS) is 21.3. The van der Waals surface area contributed by atoms with Crippen LogP contribution in [0.1, 0.15) is 54.8 Å². The van der Waals surface area contributed by atoms with Gasteiger partial charge in [0.1, 0.15) is 5.75 Å². The molecule has 0 spiro atoms.